The highest BCUT2D eigenvalue weighted by Gasteiger charge is 2.22. The number of rotatable bonds is 3. The number of piperidine rings is 1. The van der Waals surface area contributed by atoms with E-state index in [4.69, 9.17) is 5.73 Å². The van der Waals surface area contributed by atoms with E-state index >= 15 is 0 Å². The fourth-order valence-corrected chi connectivity index (χ4v) is 3.40. The van der Waals surface area contributed by atoms with Crippen molar-refractivity contribution in [3.8, 4) is 0 Å². The van der Waals surface area contributed by atoms with Gasteiger partial charge in [0.05, 0.1) is 0 Å². The van der Waals surface area contributed by atoms with Crippen molar-refractivity contribution in [2.45, 2.75) is 44.4 Å². The minimum absolute atomic E-state index is 0.604. The first kappa shape index (κ1) is 12.9. The SMILES string of the molecule is NCC1CCCN(c2ncc(C3CCCC3)cn2)C1. The van der Waals surface area contributed by atoms with E-state index in [1.807, 2.05) is 12.4 Å². The predicted molar refractivity (Wildman–Crippen MR) is 77.2 cm³/mol. The van der Waals surface area contributed by atoms with Crippen LogP contribution in [-0.4, -0.2) is 29.6 Å². The Labute approximate surface area is 115 Å². The predicted octanol–water partition coefficient (Wildman–Crippen LogP) is 2.31. The summed E-state index contributed by atoms with van der Waals surface area (Å²) in [5.41, 5.74) is 7.11. The first-order valence-electron chi connectivity index (χ1n) is 7.64. The van der Waals surface area contributed by atoms with E-state index in [-0.39, 0.29) is 0 Å². The Hall–Kier alpha value is -1.16. The minimum Gasteiger partial charge on any atom is -0.341 e. The smallest absolute Gasteiger partial charge is 0.225 e. The molecule has 4 nitrogen and oxygen atoms in total. The molecule has 104 valence electrons. The Balaban J connectivity index is 1.67. The molecule has 2 fully saturated rings. The molecule has 1 aliphatic heterocycles. The number of hydrogen-bond donors (Lipinski definition) is 1. The van der Waals surface area contributed by atoms with E-state index in [0.29, 0.717) is 11.8 Å². The Morgan fingerprint density at radius 3 is 2.53 bits per heavy atom. The van der Waals surface area contributed by atoms with Gasteiger partial charge >= 0.3 is 0 Å². The molecule has 2 N–H and O–H groups in total. The van der Waals surface area contributed by atoms with Gasteiger partial charge in [-0.05, 0) is 49.6 Å². The third-order valence-corrected chi connectivity index (χ3v) is 4.62. The van der Waals surface area contributed by atoms with Gasteiger partial charge in [0.15, 0.2) is 0 Å². The van der Waals surface area contributed by atoms with Crippen LogP contribution < -0.4 is 10.6 Å². The number of nitrogens with two attached hydrogens (primary N) is 1. The van der Waals surface area contributed by atoms with Gasteiger partial charge in [0, 0.05) is 25.5 Å². The fraction of sp³-hybridized carbons (Fsp3) is 0.733. The Bertz CT molecular complexity index is 397. The van der Waals surface area contributed by atoms with Crippen molar-refractivity contribution in [3.05, 3.63) is 18.0 Å². The van der Waals surface area contributed by atoms with Crippen LogP contribution in [0, 0.1) is 5.92 Å². The summed E-state index contributed by atoms with van der Waals surface area (Å²) in [6.07, 6.45) is 11.9. The second-order valence-corrected chi connectivity index (χ2v) is 5.99. The number of anilines is 1. The molecule has 1 saturated heterocycles. The minimum atomic E-state index is 0.604. The van der Waals surface area contributed by atoms with Crippen LogP contribution in [0.4, 0.5) is 5.95 Å². The van der Waals surface area contributed by atoms with E-state index in [9.17, 15) is 0 Å². The van der Waals surface area contributed by atoms with Gasteiger partial charge in [0.1, 0.15) is 0 Å². The molecule has 1 saturated carbocycles. The average Bonchev–Trinajstić information content (AvgIpc) is 3.02. The monoisotopic (exact) mass is 260 g/mol. The van der Waals surface area contributed by atoms with Crippen molar-refractivity contribution in [3.63, 3.8) is 0 Å². The van der Waals surface area contributed by atoms with Crippen LogP contribution in [0.5, 0.6) is 0 Å². The lowest BCUT2D eigenvalue weighted by Gasteiger charge is -2.32. The molecule has 1 aromatic heterocycles. The van der Waals surface area contributed by atoms with Gasteiger partial charge in [-0.3, -0.25) is 0 Å². The normalized spacial score (nSPS) is 24.9. The molecule has 0 bridgehead atoms. The molecule has 0 aromatic carbocycles. The van der Waals surface area contributed by atoms with Gasteiger partial charge in [-0.15, -0.1) is 0 Å². The quantitative estimate of drug-likeness (QED) is 0.906. The van der Waals surface area contributed by atoms with Crippen LogP contribution >= 0.6 is 0 Å². The number of aromatic nitrogens is 2. The maximum atomic E-state index is 5.78. The highest BCUT2D eigenvalue weighted by Crippen LogP contribution is 2.33. The molecule has 1 aliphatic carbocycles. The second kappa shape index (κ2) is 5.87. The average molecular weight is 260 g/mol. The van der Waals surface area contributed by atoms with E-state index in [2.05, 4.69) is 14.9 Å². The molecule has 1 aromatic rings. The first-order chi connectivity index (χ1) is 9.36. The first-order valence-corrected chi connectivity index (χ1v) is 7.64. The maximum absolute atomic E-state index is 5.78. The highest BCUT2D eigenvalue weighted by molar-refractivity contribution is 5.31. The Morgan fingerprint density at radius 2 is 1.84 bits per heavy atom. The summed E-state index contributed by atoms with van der Waals surface area (Å²) in [5.74, 6) is 2.19. The van der Waals surface area contributed by atoms with Crippen LogP contribution in [0.3, 0.4) is 0 Å². The van der Waals surface area contributed by atoms with Crippen molar-refractivity contribution in [1.29, 1.82) is 0 Å². The van der Waals surface area contributed by atoms with Crippen molar-refractivity contribution >= 4 is 5.95 Å². The molecule has 19 heavy (non-hydrogen) atoms. The standard InChI is InChI=1S/C15H24N4/c16-8-12-4-3-7-19(11-12)15-17-9-14(10-18-15)13-5-1-2-6-13/h9-10,12-13H,1-8,11,16H2. The summed E-state index contributed by atoms with van der Waals surface area (Å²) < 4.78 is 0. The topological polar surface area (TPSA) is 55.0 Å². The summed E-state index contributed by atoms with van der Waals surface area (Å²) >= 11 is 0. The van der Waals surface area contributed by atoms with Gasteiger partial charge in [0.25, 0.3) is 0 Å². The zero-order valence-electron chi connectivity index (χ0n) is 11.6. The van der Waals surface area contributed by atoms with Crippen molar-refractivity contribution < 1.29 is 0 Å². The molecular weight excluding hydrogens is 236 g/mol. The third kappa shape index (κ3) is 2.89. The lowest BCUT2D eigenvalue weighted by molar-refractivity contribution is 0.419. The summed E-state index contributed by atoms with van der Waals surface area (Å²) in [5, 5.41) is 0. The van der Waals surface area contributed by atoms with Crippen molar-refractivity contribution in [2.24, 2.45) is 11.7 Å². The van der Waals surface area contributed by atoms with Gasteiger partial charge in [0.2, 0.25) is 5.95 Å². The summed E-state index contributed by atoms with van der Waals surface area (Å²) in [6, 6.07) is 0. The zero-order valence-corrected chi connectivity index (χ0v) is 11.6. The van der Waals surface area contributed by atoms with Gasteiger partial charge in [-0.2, -0.15) is 0 Å². The summed E-state index contributed by atoms with van der Waals surface area (Å²) in [4.78, 5) is 11.5. The third-order valence-electron chi connectivity index (χ3n) is 4.62. The molecule has 4 heteroatoms. The fourth-order valence-electron chi connectivity index (χ4n) is 3.40. The zero-order chi connectivity index (χ0) is 13.1. The molecule has 0 spiro atoms. The maximum Gasteiger partial charge on any atom is 0.225 e. The van der Waals surface area contributed by atoms with E-state index in [0.717, 1.165) is 25.6 Å². The van der Waals surface area contributed by atoms with Gasteiger partial charge in [-0.1, -0.05) is 12.8 Å². The van der Waals surface area contributed by atoms with Crippen LogP contribution in [0.2, 0.25) is 0 Å². The lowest BCUT2D eigenvalue weighted by Crippen LogP contribution is -2.39. The van der Waals surface area contributed by atoms with Crippen molar-refractivity contribution in [1.82, 2.24) is 9.97 Å². The van der Waals surface area contributed by atoms with Crippen molar-refractivity contribution in [2.75, 3.05) is 24.5 Å². The molecule has 1 atom stereocenters. The van der Waals surface area contributed by atoms with Crippen LogP contribution in [0.1, 0.15) is 50.0 Å². The van der Waals surface area contributed by atoms with Crippen LogP contribution in [-0.2, 0) is 0 Å². The molecule has 0 radical (unpaired) electrons. The molecule has 3 rings (SSSR count). The summed E-state index contributed by atoms with van der Waals surface area (Å²) in [6.45, 7) is 2.86. The molecule has 1 unspecified atom stereocenters. The van der Waals surface area contributed by atoms with Crippen LogP contribution in [0.15, 0.2) is 12.4 Å². The van der Waals surface area contributed by atoms with Gasteiger partial charge in [-0.25, -0.2) is 9.97 Å². The Morgan fingerprint density at radius 1 is 1.11 bits per heavy atom. The van der Waals surface area contributed by atoms with Gasteiger partial charge < -0.3 is 10.6 Å². The molecule has 0 amide bonds. The number of hydrogen-bond acceptors (Lipinski definition) is 4. The Kier molecular flexibility index (Phi) is 3.97. The lowest BCUT2D eigenvalue weighted by atomic mass is 9.98. The largest absolute Gasteiger partial charge is 0.341 e. The molecule has 2 heterocycles. The van der Waals surface area contributed by atoms with E-state index in [1.54, 1.807) is 0 Å². The highest BCUT2D eigenvalue weighted by atomic mass is 15.2. The summed E-state index contributed by atoms with van der Waals surface area (Å²) in [7, 11) is 0. The van der Waals surface area contributed by atoms with E-state index < -0.39 is 0 Å². The van der Waals surface area contributed by atoms with E-state index in [1.165, 1.54) is 44.1 Å². The van der Waals surface area contributed by atoms with Crippen LogP contribution in [0.25, 0.3) is 0 Å². The molecule has 2 aliphatic rings. The second-order valence-electron chi connectivity index (χ2n) is 5.99. The number of nitrogens with zero attached hydrogens (tertiary/aromatic N) is 3. The molecular formula is C15H24N4.